The van der Waals surface area contributed by atoms with Crippen molar-refractivity contribution in [3.8, 4) is 0 Å². The van der Waals surface area contributed by atoms with Crippen LogP contribution in [0.4, 0.5) is 0 Å². The third-order valence-electron chi connectivity index (χ3n) is 4.28. The van der Waals surface area contributed by atoms with Gasteiger partial charge in [-0.15, -0.1) is 0 Å². The first-order chi connectivity index (χ1) is 13.9. The fourth-order valence-electron chi connectivity index (χ4n) is 2.97. The first-order valence-corrected chi connectivity index (χ1v) is 12.1. The standard InChI is InChI=1S/C18H15P.C6H11BrO2/c1-4-10-16(11-5-1)19(17-12-6-2-7-13-17)18-14-8-3-9-15-18;7-3-2-6-8-4-1-5-9-6/h1-15H;6H,1-5H2. The molecule has 0 spiro atoms. The van der Waals surface area contributed by atoms with Crippen LogP contribution in [-0.4, -0.2) is 24.8 Å². The summed E-state index contributed by atoms with van der Waals surface area (Å²) >= 11 is 3.32. The molecule has 0 amide bonds. The molecule has 3 aromatic carbocycles. The van der Waals surface area contributed by atoms with E-state index in [-0.39, 0.29) is 6.29 Å². The van der Waals surface area contributed by atoms with Crippen molar-refractivity contribution in [1.29, 1.82) is 0 Å². The molecular weight excluding hydrogens is 431 g/mol. The van der Waals surface area contributed by atoms with Gasteiger partial charge in [0.15, 0.2) is 6.29 Å². The van der Waals surface area contributed by atoms with E-state index in [0.717, 1.165) is 31.4 Å². The van der Waals surface area contributed by atoms with Gasteiger partial charge < -0.3 is 9.47 Å². The highest BCUT2D eigenvalue weighted by molar-refractivity contribution is 9.09. The number of hydrogen-bond donors (Lipinski definition) is 0. The summed E-state index contributed by atoms with van der Waals surface area (Å²) in [5.74, 6) is 0. The summed E-state index contributed by atoms with van der Waals surface area (Å²) in [5.41, 5.74) is 0. The molecule has 0 aliphatic carbocycles. The van der Waals surface area contributed by atoms with E-state index in [2.05, 4.69) is 107 Å². The molecule has 1 saturated heterocycles. The molecule has 0 aromatic heterocycles. The monoisotopic (exact) mass is 456 g/mol. The minimum absolute atomic E-state index is 0.0538. The second-order valence-electron chi connectivity index (χ2n) is 6.34. The van der Waals surface area contributed by atoms with Crippen molar-refractivity contribution in [1.82, 2.24) is 0 Å². The predicted octanol–water partition coefficient (Wildman–Crippen LogP) is 4.98. The SMILES string of the molecule is BrCCC1OCCCO1.c1ccc(P(c2ccccc2)c2ccccc2)cc1. The van der Waals surface area contributed by atoms with E-state index in [1.807, 2.05) is 0 Å². The fraction of sp³-hybridized carbons (Fsp3) is 0.250. The van der Waals surface area contributed by atoms with Crippen LogP contribution in [0.2, 0.25) is 0 Å². The van der Waals surface area contributed by atoms with Gasteiger partial charge in [0.1, 0.15) is 0 Å². The Morgan fingerprint density at radius 2 is 1.07 bits per heavy atom. The van der Waals surface area contributed by atoms with Crippen molar-refractivity contribution in [2.75, 3.05) is 18.5 Å². The molecule has 1 aliphatic rings. The molecular formula is C24H26BrO2P. The Hall–Kier alpha value is -1.51. The van der Waals surface area contributed by atoms with Crippen LogP contribution < -0.4 is 15.9 Å². The topological polar surface area (TPSA) is 18.5 Å². The van der Waals surface area contributed by atoms with E-state index in [1.165, 1.54) is 15.9 Å². The Bertz CT molecular complexity index is 681. The summed E-state index contributed by atoms with van der Waals surface area (Å²) in [6.07, 6.45) is 2.05. The smallest absolute Gasteiger partial charge is 0.158 e. The maximum atomic E-state index is 5.27. The van der Waals surface area contributed by atoms with Crippen molar-refractivity contribution in [2.45, 2.75) is 19.1 Å². The van der Waals surface area contributed by atoms with Crippen molar-refractivity contribution in [2.24, 2.45) is 0 Å². The molecule has 0 N–H and O–H groups in total. The highest BCUT2D eigenvalue weighted by Gasteiger charge is 2.15. The van der Waals surface area contributed by atoms with E-state index < -0.39 is 7.92 Å². The minimum Gasteiger partial charge on any atom is -0.353 e. The Balaban J connectivity index is 0.000000211. The van der Waals surface area contributed by atoms with Crippen LogP contribution in [0.5, 0.6) is 0 Å². The van der Waals surface area contributed by atoms with Crippen molar-refractivity contribution >= 4 is 39.8 Å². The largest absolute Gasteiger partial charge is 0.353 e. The Morgan fingerprint density at radius 1 is 0.679 bits per heavy atom. The molecule has 1 heterocycles. The zero-order valence-electron chi connectivity index (χ0n) is 15.9. The summed E-state index contributed by atoms with van der Waals surface area (Å²) in [4.78, 5) is 0. The van der Waals surface area contributed by atoms with E-state index >= 15 is 0 Å². The summed E-state index contributed by atoms with van der Waals surface area (Å²) in [5, 5.41) is 5.15. The van der Waals surface area contributed by atoms with Gasteiger partial charge in [-0.1, -0.05) is 107 Å². The Kier molecular flexibility index (Phi) is 9.19. The molecule has 3 aromatic rings. The van der Waals surface area contributed by atoms with E-state index in [0.29, 0.717) is 0 Å². The van der Waals surface area contributed by atoms with Gasteiger partial charge in [0.25, 0.3) is 0 Å². The van der Waals surface area contributed by atoms with E-state index in [4.69, 9.17) is 9.47 Å². The second-order valence-corrected chi connectivity index (χ2v) is 9.36. The highest BCUT2D eigenvalue weighted by Crippen LogP contribution is 2.32. The first-order valence-electron chi connectivity index (χ1n) is 9.63. The molecule has 146 valence electrons. The van der Waals surface area contributed by atoms with Crippen molar-refractivity contribution < 1.29 is 9.47 Å². The molecule has 4 heteroatoms. The Labute approximate surface area is 177 Å². The third-order valence-corrected chi connectivity index (χ3v) is 7.19. The third kappa shape index (κ3) is 6.53. The lowest BCUT2D eigenvalue weighted by atomic mass is 10.4. The van der Waals surface area contributed by atoms with Crippen LogP contribution in [0.25, 0.3) is 0 Å². The molecule has 28 heavy (non-hydrogen) atoms. The van der Waals surface area contributed by atoms with Crippen LogP contribution in [0, 0.1) is 0 Å². The van der Waals surface area contributed by atoms with Crippen LogP contribution in [0.3, 0.4) is 0 Å². The number of ether oxygens (including phenoxy) is 2. The number of hydrogen-bond acceptors (Lipinski definition) is 2. The van der Waals surface area contributed by atoms with Gasteiger partial charge in [0, 0.05) is 11.8 Å². The van der Waals surface area contributed by atoms with Gasteiger partial charge in [-0.25, -0.2) is 0 Å². The van der Waals surface area contributed by atoms with Gasteiger partial charge in [-0.2, -0.15) is 0 Å². The van der Waals surface area contributed by atoms with E-state index in [9.17, 15) is 0 Å². The number of rotatable bonds is 5. The normalized spacial score (nSPS) is 14.4. The first kappa shape index (κ1) is 21.2. The van der Waals surface area contributed by atoms with Gasteiger partial charge in [-0.05, 0) is 30.3 Å². The van der Waals surface area contributed by atoms with Gasteiger partial charge in [-0.3, -0.25) is 0 Å². The molecule has 0 atom stereocenters. The Morgan fingerprint density at radius 3 is 1.43 bits per heavy atom. The van der Waals surface area contributed by atoms with Gasteiger partial charge in [0.05, 0.1) is 13.2 Å². The molecule has 1 fully saturated rings. The van der Waals surface area contributed by atoms with Crippen molar-refractivity contribution in [3.05, 3.63) is 91.0 Å². The number of benzene rings is 3. The highest BCUT2D eigenvalue weighted by atomic mass is 79.9. The lowest BCUT2D eigenvalue weighted by Crippen LogP contribution is -2.24. The zero-order chi connectivity index (χ0) is 19.4. The molecule has 0 unspecified atom stereocenters. The predicted molar refractivity (Wildman–Crippen MR) is 124 cm³/mol. The average Bonchev–Trinajstić information content (AvgIpc) is 2.78. The van der Waals surface area contributed by atoms with Crippen LogP contribution >= 0.6 is 23.9 Å². The molecule has 0 bridgehead atoms. The fourth-order valence-corrected chi connectivity index (χ4v) is 5.65. The molecule has 4 rings (SSSR count). The summed E-state index contributed by atoms with van der Waals surface area (Å²) in [6, 6.07) is 32.3. The number of alkyl halides is 1. The van der Waals surface area contributed by atoms with Crippen LogP contribution in [-0.2, 0) is 9.47 Å². The quantitative estimate of drug-likeness (QED) is 0.398. The van der Waals surface area contributed by atoms with E-state index in [1.54, 1.807) is 0 Å². The summed E-state index contributed by atoms with van der Waals surface area (Å²) in [6.45, 7) is 1.72. The molecule has 0 radical (unpaired) electrons. The van der Waals surface area contributed by atoms with Crippen molar-refractivity contribution in [3.63, 3.8) is 0 Å². The van der Waals surface area contributed by atoms with Crippen LogP contribution in [0.1, 0.15) is 12.8 Å². The maximum Gasteiger partial charge on any atom is 0.158 e. The number of halogens is 1. The minimum atomic E-state index is -0.446. The summed E-state index contributed by atoms with van der Waals surface area (Å²) < 4.78 is 10.5. The zero-order valence-corrected chi connectivity index (χ0v) is 18.4. The lowest BCUT2D eigenvalue weighted by Gasteiger charge is -2.22. The molecule has 2 nitrogen and oxygen atoms in total. The van der Waals surface area contributed by atoms with Gasteiger partial charge >= 0.3 is 0 Å². The lowest BCUT2D eigenvalue weighted by molar-refractivity contribution is -0.178. The second kappa shape index (κ2) is 12.1. The molecule has 0 saturated carbocycles. The van der Waals surface area contributed by atoms with Crippen LogP contribution in [0.15, 0.2) is 91.0 Å². The van der Waals surface area contributed by atoms with Gasteiger partial charge in [0.2, 0.25) is 0 Å². The average molecular weight is 457 g/mol. The molecule has 1 aliphatic heterocycles. The maximum absolute atomic E-state index is 5.27. The summed E-state index contributed by atoms with van der Waals surface area (Å²) in [7, 11) is -0.446.